The molecule has 0 amide bonds. The zero-order chi connectivity index (χ0) is 17.6. The number of rotatable bonds is 2. The van der Waals surface area contributed by atoms with Crippen LogP contribution in [0.5, 0.6) is 0 Å². The van der Waals surface area contributed by atoms with Gasteiger partial charge in [0.15, 0.2) is 0 Å². The average molecular weight is 356 g/mol. The van der Waals surface area contributed by atoms with Gasteiger partial charge in [-0.05, 0) is 68.8 Å². The van der Waals surface area contributed by atoms with Gasteiger partial charge in [0, 0.05) is 24.7 Å². The molecule has 4 rings (SSSR count). The molecular weight excluding hydrogens is 332 g/mol. The number of fused-ring (bicyclic) bond motifs is 3. The zero-order valence-corrected chi connectivity index (χ0v) is 15.5. The Bertz CT molecular complexity index is 890. The highest BCUT2D eigenvalue weighted by atomic mass is 32.2. The Balaban J connectivity index is 1.77. The summed E-state index contributed by atoms with van der Waals surface area (Å²) in [7, 11) is -1.35. The van der Waals surface area contributed by atoms with Gasteiger partial charge in [0.25, 0.3) is 0 Å². The lowest BCUT2D eigenvalue weighted by molar-refractivity contribution is 0.531. The minimum absolute atomic E-state index is 0.364. The van der Waals surface area contributed by atoms with E-state index in [0.717, 1.165) is 31.5 Å². The van der Waals surface area contributed by atoms with Crippen LogP contribution in [-0.2, 0) is 9.84 Å². The van der Waals surface area contributed by atoms with Gasteiger partial charge in [-0.3, -0.25) is 0 Å². The Morgan fingerprint density at radius 1 is 1.00 bits per heavy atom. The Morgan fingerprint density at radius 3 is 2.44 bits per heavy atom. The maximum atomic E-state index is 13.0. The van der Waals surface area contributed by atoms with Gasteiger partial charge in [0.2, 0.25) is 9.84 Å². The number of sulfone groups is 1. The standard InChI is InChI=1S/C20H24N2O2S/c1-14-3-5-15(6-4-14)25(23,24)16-7-8-19-18(13-16)17-9-11-21-12-10-20(17)22(19)2/h3-8,13,17,20-21H,9-12H2,1-2H3/t17-,20-/m1/s1. The van der Waals surface area contributed by atoms with Gasteiger partial charge < -0.3 is 10.2 Å². The molecule has 0 unspecified atom stereocenters. The van der Waals surface area contributed by atoms with E-state index in [2.05, 4.69) is 17.3 Å². The molecule has 0 saturated carbocycles. The first kappa shape index (κ1) is 16.6. The first-order chi connectivity index (χ1) is 12.0. The van der Waals surface area contributed by atoms with Crippen LogP contribution in [0.3, 0.4) is 0 Å². The predicted molar refractivity (Wildman–Crippen MR) is 100 cm³/mol. The van der Waals surface area contributed by atoms with Crippen LogP contribution in [0.2, 0.25) is 0 Å². The lowest BCUT2D eigenvalue weighted by atomic mass is 9.91. The lowest BCUT2D eigenvalue weighted by Crippen LogP contribution is -2.30. The van der Waals surface area contributed by atoms with E-state index >= 15 is 0 Å². The Morgan fingerprint density at radius 2 is 1.68 bits per heavy atom. The lowest BCUT2D eigenvalue weighted by Gasteiger charge is -2.24. The first-order valence-electron chi connectivity index (χ1n) is 8.88. The van der Waals surface area contributed by atoms with Gasteiger partial charge in [-0.1, -0.05) is 17.7 Å². The van der Waals surface area contributed by atoms with Crippen LogP contribution >= 0.6 is 0 Å². The van der Waals surface area contributed by atoms with Crippen LogP contribution in [-0.4, -0.2) is 34.6 Å². The topological polar surface area (TPSA) is 49.4 Å². The van der Waals surface area contributed by atoms with E-state index in [4.69, 9.17) is 0 Å². The molecule has 0 bridgehead atoms. The zero-order valence-electron chi connectivity index (χ0n) is 14.7. The summed E-state index contributed by atoms with van der Waals surface area (Å²) in [4.78, 5) is 3.10. The Hall–Kier alpha value is -1.85. The number of benzene rings is 2. The maximum Gasteiger partial charge on any atom is 0.206 e. The fraction of sp³-hybridized carbons (Fsp3) is 0.400. The molecule has 0 aromatic heterocycles. The van der Waals surface area contributed by atoms with Gasteiger partial charge in [-0.15, -0.1) is 0 Å². The van der Waals surface area contributed by atoms with Crippen molar-refractivity contribution < 1.29 is 8.42 Å². The fourth-order valence-corrected chi connectivity index (χ4v) is 5.50. The molecule has 0 radical (unpaired) electrons. The molecule has 2 aromatic rings. The van der Waals surface area contributed by atoms with Crippen molar-refractivity contribution in [3.63, 3.8) is 0 Å². The van der Waals surface area contributed by atoms with Crippen molar-refractivity contribution in [1.29, 1.82) is 0 Å². The molecule has 1 fully saturated rings. The van der Waals surface area contributed by atoms with E-state index in [0.29, 0.717) is 21.8 Å². The monoisotopic (exact) mass is 356 g/mol. The van der Waals surface area contributed by atoms with Crippen molar-refractivity contribution in [2.75, 3.05) is 25.0 Å². The van der Waals surface area contributed by atoms with E-state index in [9.17, 15) is 8.42 Å². The van der Waals surface area contributed by atoms with Crippen molar-refractivity contribution in [2.24, 2.45) is 0 Å². The third-order valence-corrected chi connectivity index (χ3v) is 7.40. The molecule has 2 aliphatic heterocycles. The normalized spacial score (nSPS) is 23.0. The molecule has 132 valence electrons. The summed E-state index contributed by atoms with van der Waals surface area (Å²) in [5.74, 6) is 0.406. The maximum absolute atomic E-state index is 13.0. The second kappa shape index (κ2) is 6.15. The summed E-state index contributed by atoms with van der Waals surface area (Å²) in [6, 6.07) is 13.2. The van der Waals surface area contributed by atoms with Crippen LogP contribution in [0.1, 0.15) is 29.9 Å². The average Bonchev–Trinajstić information content (AvgIpc) is 2.78. The van der Waals surface area contributed by atoms with Crippen molar-refractivity contribution in [1.82, 2.24) is 5.32 Å². The van der Waals surface area contributed by atoms with E-state index in [1.807, 2.05) is 31.2 Å². The predicted octanol–water partition coefficient (Wildman–Crippen LogP) is 3.11. The summed E-state index contributed by atoms with van der Waals surface area (Å²) < 4.78 is 26.1. The van der Waals surface area contributed by atoms with Gasteiger partial charge in [-0.2, -0.15) is 0 Å². The van der Waals surface area contributed by atoms with Crippen molar-refractivity contribution in [3.05, 3.63) is 53.6 Å². The summed E-state index contributed by atoms with van der Waals surface area (Å²) in [5.41, 5.74) is 3.42. The Kier molecular flexibility index (Phi) is 4.08. The third-order valence-electron chi connectivity index (χ3n) is 5.63. The third kappa shape index (κ3) is 2.75. The van der Waals surface area contributed by atoms with E-state index in [1.54, 1.807) is 18.2 Å². The van der Waals surface area contributed by atoms with Crippen LogP contribution in [0.4, 0.5) is 5.69 Å². The molecule has 0 spiro atoms. The molecule has 2 aliphatic rings. The second-order valence-electron chi connectivity index (χ2n) is 7.15. The molecule has 0 aliphatic carbocycles. The quantitative estimate of drug-likeness (QED) is 0.898. The van der Waals surface area contributed by atoms with Crippen molar-refractivity contribution >= 4 is 15.5 Å². The highest BCUT2D eigenvalue weighted by molar-refractivity contribution is 7.91. The number of nitrogens with one attached hydrogen (secondary N) is 1. The Labute approximate surface area is 149 Å². The molecule has 1 N–H and O–H groups in total. The fourth-order valence-electron chi connectivity index (χ4n) is 4.20. The summed E-state index contributed by atoms with van der Waals surface area (Å²) in [5, 5.41) is 3.46. The number of nitrogens with zero attached hydrogens (tertiary/aromatic N) is 1. The van der Waals surface area contributed by atoms with Gasteiger partial charge >= 0.3 is 0 Å². The molecule has 5 heteroatoms. The molecular formula is C20H24N2O2S. The molecule has 2 atom stereocenters. The molecule has 25 heavy (non-hydrogen) atoms. The van der Waals surface area contributed by atoms with Gasteiger partial charge in [-0.25, -0.2) is 8.42 Å². The first-order valence-corrected chi connectivity index (χ1v) is 10.4. The number of likely N-dealkylation sites (N-methyl/N-ethyl adjacent to an activating group) is 1. The largest absolute Gasteiger partial charge is 0.371 e. The van der Waals surface area contributed by atoms with E-state index in [1.165, 1.54) is 11.3 Å². The minimum atomic E-state index is -3.48. The number of anilines is 1. The van der Waals surface area contributed by atoms with Crippen molar-refractivity contribution in [3.8, 4) is 0 Å². The molecule has 4 nitrogen and oxygen atoms in total. The van der Waals surface area contributed by atoms with E-state index < -0.39 is 9.84 Å². The SMILES string of the molecule is Cc1ccc(S(=O)(=O)c2ccc3c(c2)[C@H]2CCNCC[C@H]2N3C)cc1. The van der Waals surface area contributed by atoms with Crippen LogP contribution in [0.15, 0.2) is 52.3 Å². The van der Waals surface area contributed by atoms with E-state index in [-0.39, 0.29) is 0 Å². The summed E-state index contributed by atoms with van der Waals surface area (Å²) in [6.45, 7) is 3.97. The van der Waals surface area contributed by atoms with Crippen molar-refractivity contribution in [2.45, 2.75) is 41.5 Å². The number of hydrogen-bond acceptors (Lipinski definition) is 4. The summed E-state index contributed by atoms with van der Waals surface area (Å²) >= 11 is 0. The minimum Gasteiger partial charge on any atom is -0.371 e. The van der Waals surface area contributed by atoms with Crippen LogP contribution < -0.4 is 10.2 Å². The molecule has 1 saturated heterocycles. The second-order valence-corrected chi connectivity index (χ2v) is 9.10. The highest BCUT2D eigenvalue weighted by Gasteiger charge is 2.37. The van der Waals surface area contributed by atoms with Crippen LogP contribution in [0, 0.1) is 6.92 Å². The summed E-state index contributed by atoms with van der Waals surface area (Å²) in [6.07, 6.45) is 2.14. The smallest absolute Gasteiger partial charge is 0.206 e. The number of aryl methyl sites for hydroxylation is 1. The number of hydrogen-bond donors (Lipinski definition) is 1. The molecule has 2 heterocycles. The molecule has 2 aromatic carbocycles. The van der Waals surface area contributed by atoms with Gasteiger partial charge in [0.05, 0.1) is 9.79 Å². The highest BCUT2D eigenvalue weighted by Crippen LogP contribution is 2.44. The van der Waals surface area contributed by atoms with Gasteiger partial charge in [0.1, 0.15) is 0 Å². The van der Waals surface area contributed by atoms with Crippen LogP contribution in [0.25, 0.3) is 0 Å².